The van der Waals surface area contributed by atoms with Gasteiger partial charge >= 0.3 is 0 Å². The quantitative estimate of drug-likeness (QED) is 0.875. The van der Waals surface area contributed by atoms with Gasteiger partial charge in [0.25, 0.3) is 0 Å². The lowest BCUT2D eigenvalue weighted by Gasteiger charge is -2.32. The minimum absolute atomic E-state index is 0.584. The summed E-state index contributed by atoms with van der Waals surface area (Å²) < 4.78 is 7.08. The fourth-order valence-electron chi connectivity index (χ4n) is 2.82. The average molecular weight is 290 g/mol. The first-order valence-electron chi connectivity index (χ1n) is 7.36. The molecule has 1 aliphatic heterocycles. The highest BCUT2D eigenvalue weighted by Gasteiger charge is 2.29. The summed E-state index contributed by atoms with van der Waals surface area (Å²) in [6, 6.07) is 2.12. The maximum atomic E-state index is 10.4. The van der Waals surface area contributed by atoms with Crippen molar-refractivity contribution in [1.82, 2.24) is 20.1 Å². The van der Waals surface area contributed by atoms with Crippen molar-refractivity contribution in [2.75, 3.05) is 19.8 Å². The van der Waals surface area contributed by atoms with E-state index in [9.17, 15) is 5.11 Å². The predicted octanol–water partition coefficient (Wildman–Crippen LogP) is 0.908. The van der Waals surface area contributed by atoms with E-state index in [1.807, 2.05) is 20.2 Å². The molecule has 0 atom stereocenters. The van der Waals surface area contributed by atoms with Gasteiger partial charge in [-0.2, -0.15) is 5.10 Å². The van der Waals surface area contributed by atoms with Gasteiger partial charge < -0.3 is 15.2 Å². The van der Waals surface area contributed by atoms with Crippen LogP contribution in [0.4, 0.5) is 0 Å². The summed E-state index contributed by atoms with van der Waals surface area (Å²) in [5, 5.41) is 19.2. The Labute approximate surface area is 124 Å². The van der Waals surface area contributed by atoms with Crippen molar-refractivity contribution in [2.45, 2.75) is 31.9 Å². The Balaban J connectivity index is 1.64. The van der Waals surface area contributed by atoms with Crippen LogP contribution in [0.15, 0.2) is 12.3 Å². The molecule has 21 heavy (non-hydrogen) atoms. The van der Waals surface area contributed by atoms with Crippen LogP contribution in [-0.4, -0.2) is 45.2 Å². The Morgan fingerprint density at radius 2 is 2.19 bits per heavy atom. The van der Waals surface area contributed by atoms with Crippen LogP contribution in [-0.2, 0) is 18.3 Å². The van der Waals surface area contributed by atoms with Gasteiger partial charge in [-0.3, -0.25) is 4.68 Å². The highest BCUT2D eigenvalue weighted by Crippen LogP contribution is 2.20. The molecule has 0 saturated carbocycles. The Morgan fingerprint density at radius 3 is 2.95 bits per heavy atom. The fraction of sp³-hybridized carbons (Fsp3) is 0.600. The maximum absolute atomic E-state index is 10.4. The lowest BCUT2D eigenvalue weighted by atomic mass is 9.94. The summed E-state index contributed by atoms with van der Waals surface area (Å²) in [6.07, 6.45) is 3.25. The monoisotopic (exact) mass is 290 g/mol. The SMILES string of the molecule is Cc1nn(C)c2ncc(CNCC3(O)CCOCC3)cc12. The van der Waals surface area contributed by atoms with E-state index in [2.05, 4.69) is 21.5 Å². The van der Waals surface area contributed by atoms with Crippen molar-refractivity contribution in [1.29, 1.82) is 0 Å². The zero-order valence-electron chi connectivity index (χ0n) is 12.6. The molecule has 3 heterocycles. The second-order valence-electron chi connectivity index (χ2n) is 5.86. The number of hydrogen-bond donors (Lipinski definition) is 2. The number of pyridine rings is 1. The second-order valence-corrected chi connectivity index (χ2v) is 5.86. The van der Waals surface area contributed by atoms with Gasteiger partial charge in [0.1, 0.15) is 0 Å². The van der Waals surface area contributed by atoms with Crippen molar-refractivity contribution in [3.8, 4) is 0 Å². The van der Waals surface area contributed by atoms with Crippen LogP contribution in [0, 0.1) is 6.92 Å². The lowest BCUT2D eigenvalue weighted by molar-refractivity contribution is -0.0617. The third-order valence-electron chi connectivity index (χ3n) is 4.13. The molecule has 0 bridgehead atoms. The van der Waals surface area contributed by atoms with Gasteiger partial charge in [-0.15, -0.1) is 0 Å². The smallest absolute Gasteiger partial charge is 0.157 e. The number of ether oxygens (including phenoxy) is 1. The van der Waals surface area contributed by atoms with Crippen molar-refractivity contribution >= 4 is 11.0 Å². The summed E-state index contributed by atoms with van der Waals surface area (Å²) in [5.74, 6) is 0. The van der Waals surface area contributed by atoms with E-state index in [0.29, 0.717) is 39.1 Å². The van der Waals surface area contributed by atoms with Gasteiger partial charge in [0.15, 0.2) is 5.65 Å². The van der Waals surface area contributed by atoms with Crippen LogP contribution in [0.2, 0.25) is 0 Å². The molecule has 1 fully saturated rings. The van der Waals surface area contributed by atoms with E-state index < -0.39 is 5.60 Å². The number of nitrogens with one attached hydrogen (secondary N) is 1. The third kappa shape index (κ3) is 3.07. The largest absolute Gasteiger partial charge is 0.388 e. The van der Waals surface area contributed by atoms with Crippen LogP contribution in [0.1, 0.15) is 24.1 Å². The molecule has 1 aliphatic rings. The summed E-state index contributed by atoms with van der Waals surface area (Å²) >= 11 is 0. The Morgan fingerprint density at radius 1 is 1.43 bits per heavy atom. The molecule has 1 saturated heterocycles. The van der Waals surface area contributed by atoms with Gasteiger partial charge in [0.2, 0.25) is 0 Å². The number of hydrogen-bond acceptors (Lipinski definition) is 5. The van der Waals surface area contributed by atoms with Crippen LogP contribution in [0.25, 0.3) is 11.0 Å². The summed E-state index contributed by atoms with van der Waals surface area (Å²) in [5.41, 5.74) is 2.36. The standard InChI is InChI=1S/C15H22N4O2/c1-11-13-7-12(9-17-14(13)19(2)18-11)8-16-10-15(20)3-5-21-6-4-15/h7,9,16,20H,3-6,8,10H2,1-2H3. The van der Waals surface area contributed by atoms with Gasteiger partial charge in [-0.05, 0) is 18.6 Å². The van der Waals surface area contributed by atoms with E-state index in [1.165, 1.54) is 0 Å². The first-order chi connectivity index (χ1) is 10.1. The van der Waals surface area contributed by atoms with Crippen LogP contribution in [0.5, 0.6) is 0 Å². The normalized spacial score (nSPS) is 18.2. The molecule has 114 valence electrons. The summed E-state index contributed by atoms with van der Waals surface area (Å²) in [7, 11) is 1.90. The van der Waals surface area contributed by atoms with Crippen molar-refractivity contribution < 1.29 is 9.84 Å². The van der Waals surface area contributed by atoms with Gasteiger partial charge in [0.05, 0.1) is 11.3 Å². The minimum Gasteiger partial charge on any atom is -0.388 e. The number of fused-ring (bicyclic) bond motifs is 1. The molecule has 0 aliphatic carbocycles. The van der Waals surface area contributed by atoms with Crippen LogP contribution >= 0.6 is 0 Å². The molecule has 6 heteroatoms. The van der Waals surface area contributed by atoms with Crippen molar-refractivity contribution in [3.05, 3.63) is 23.5 Å². The molecule has 2 N–H and O–H groups in total. The molecule has 2 aromatic rings. The molecule has 0 aromatic carbocycles. The van der Waals surface area contributed by atoms with E-state index in [4.69, 9.17) is 4.74 Å². The first-order valence-corrected chi connectivity index (χ1v) is 7.36. The predicted molar refractivity (Wildman–Crippen MR) is 80.0 cm³/mol. The average Bonchev–Trinajstić information content (AvgIpc) is 2.74. The van der Waals surface area contributed by atoms with Gasteiger partial charge in [0, 0.05) is 57.8 Å². The van der Waals surface area contributed by atoms with E-state index in [0.717, 1.165) is 22.3 Å². The fourth-order valence-corrected chi connectivity index (χ4v) is 2.82. The van der Waals surface area contributed by atoms with Gasteiger partial charge in [-0.1, -0.05) is 0 Å². The molecule has 3 rings (SSSR count). The molecular formula is C15H22N4O2. The van der Waals surface area contributed by atoms with Crippen LogP contribution in [0.3, 0.4) is 0 Å². The van der Waals surface area contributed by atoms with Crippen molar-refractivity contribution in [2.24, 2.45) is 7.05 Å². The highest BCUT2D eigenvalue weighted by molar-refractivity contribution is 5.78. The lowest BCUT2D eigenvalue weighted by Crippen LogP contribution is -2.44. The van der Waals surface area contributed by atoms with Gasteiger partial charge in [-0.25, -0.2) is 4.98 Å². The number of aliphatic hydroxyl groups is 1. The zero-order chi connectivity index (χ0) is 14.9. The Hall–Kier alpha value is -1.50. The summed E-state index contributed by atoms with van der Waals surface area (Å²) in [6.45, 7) is 4.55. The maximum Gasteiger partial charge on any atom is 0.157 e. The molecule has 6 nitrogen and oxygen atoms in total. The molecule has 0 amide bonds. The highest BCUT2D eigenvalue weighted by atomic mass is 16.5. The molecule has 0 unspecified atom stereocenters. The van der Waals surface area contributed by atoms with E-state index >= 15 is 0 Å². The number of rotatable bonds is 4. The second kappa shape index (κ2) is 5.71. The third-order valence-corrected chi connectivity index (χ3v) is 4.13. The minimum atomic E-state index is -0.639. The van der Waals surface area contributed by atoms with E-state index in [1.54, 1.807) is 4.68 Å². The van der Waals surface area contributed by atoms with Crippen LogP contribution < -0.4 is 5.32 Å². The Bertz CT molecular complexity index is 632. The topological polar surface area (TPSA) is 72.2 Å². The number of aryl methyl sites for hydroxylation is 2. The van der Waals surface area contributed by atoms with Crippen molar-refractivity contribution in [3.63, 3.8) is 0 Å². The molecule has 0 spiro atoms. The molecular weight excluding hydrogens is 268 g/mol. The summed E-state index contributed by atoms with van der Waals surface area (Å²) in [4.78, 5) is 4.46. The molecule has 0 radical (unpaired) electrons. The number of nitrogens with zero attached hydrogens (tertiary/aromatic N) is 3. The Kier molecular flexibility index (Phi) is 3.93. The van der Waals surface area contributed by atoms with E-state index in [-0.39, 0.29) is 0 Å². The molecule has 2 aromatic heterocycles. The zero-order valence-corrected chi connectivity index (χ0v) is 12.6. The number of aromatic nitrogens is 3. The first kappa shape index (κ1) is 14.4.